The zero-order chi connectivity index (χ0) is 11.1. The molecule has 0 spiro atoms. The third kappa shape index (κ3) is 1.27. The van der Waals surface area contributed by atoms with E-state index in [1.165, 1.54) is 16.5 Å². The molecule has 0 bridgehead atoms. The van der Waals surface area contributed by atoms with E-state index >= 15 is 0 Å². The lowest BCUT2D eigenvalue weighted by Crippen LogP contribution is -1.82. The second kappa shape index (κ2) is 3.27. The Kier molecular flexibility index (Phi) is 1.90. The van der Waals surface area contributed by atoms with E-state index in [0.717, 1.165) is 23.2 Å². The summed E-state index contributed by atoms with van der Waals surface area (Å²) < 4.78 is 0. The largest absolute Gasteiger partial charge is 0.254 e. The Morgan fingerprint density at radius 2 is 2.31 bits per heavy atom. The molecule has 78 valence electrons. The number of pyridine rings is 1. The standard InChI is InChI=1S/C14H12N2/c1-3-6-15-13-9(2)4-5-11-12-7-10(12)8-16-14(11)13/h3-6,8H,1,7H2,2H3/b15-6-. The Labute approximate surface area is 94.4 Å². The fraction of sp³-hybridized carbons (Fsp3) is 0.143. The Morgan fingerprint density at radius 1 is 1.44 bits per heavy atom. The van der Waals surface area contributed by atoms with Crippen LogP contribution < -0.4 is 0 Å². The summed E-state index contributed by atoms with van der Waals surface area (Å²) in [5.41, 5.74) is 5.93. The van der Waals surface area contributed by atoms with Gasteiger partial charge in [-0.2, -0.15) is 0 Å². The van der Waals surface area contributed by atoms with Gasteiger partial charge in [-0.25, -0.2) is 0 Å². The summed E-state index contributed by atoms with van der Waals surface area (Å²) in [5.74, 6) is 0. The monoisotopic (exact) mass is 208 g/mol. The van der Waals surface area contributed by atoms with E-state index in [1.807, 2.05) is 6.20 Å². The number of aliphatic imine (C=N–C) groups is 1. The van der Waals surface area contributed by atoms with E-state index < -0.39 is 0 Å². The van der Waals surface area contributed by atoms with Crippen LogP contribution in [0.5, 0.6) is 0 Å². The van der Waals surface area contributed by atoms with Crippen LogP contribution in [0.15, 0.2) is 36.0 Å². The van der Waals surface area contributed by atoms with Gasteiger partial charge >= 0.3 is 0 Å². The van der Waals surface area contributed by atoms with Crippen LogP contribution in [0.3, 0.4) is 0 Å². The molecule has 2 aromatic rings. The zero-order valence-corrected chi connectivity index (χ0v) is 9.20. The van der Waals surface area contributed by atoms with Crippen LogP contribution >= 0.6 is 0 Å². The summed E-state index contributed by atoms with van der Waals surface area (Å²) in [6.45, 7) is 5.70. The van der Waals surface area contributed by atoms with E-state index in [0.29, 0.717) is 0 Å². The summed E-state index contributed by atoms with van der Waals surface area (Å²) in [6.07, 6.45) is 6.45. The Hall–Kier alpha value is -1.96. The molecular weight excluding hydrogens is 196 g/mol. The molecule has 0 saturated carbocycles. The minimum absolute atomic E-state index is 0.965. The molecule has 0 aliphatic heterocycles. The first-order valence-corrected chi connectivity index (χ1v) is 5.36. The van der Waals surface area contributed by atoms with Gasteiger partial charge in [-0.1, -0.05) is 24.8 Å². The SMILES string of the molecule is C=C/C=N\c1c(C)ccc2c3c(cnc12)C3. The third-order valence-electron chi connectivity index (χ3n) is 2.97. The first kappa shape index (κ1) is 9.28. The van der Waals surface area contributed by atoms with Crippen molar-refractivity contribution in [3.8, 4) is 0 Å². The summed E-state index contributed by atoms with van der Waals surface area (Å²) >= 11 is 0. The number of allylic oxidation sites excluding steroid dienone is 1. The number of hydrogen-bond donors (Lipinski definition) is 0. The van der Waals surface area contributed by atoms with Gasteiger partial charge in [0, 0.05) is 24.2 Å². The van der Waals surface area contributed by atoms with Crippen LogP contribution in [0.25, 0.3) is 10.9 Å². The maximum atomic E-state index is 4.50. The molecule has 1 heterocycles. The number of aromatic nitrogens is 1. The van der Waals surface area contributed by atoms with Gasteiger partial charge in [-0.15, -0.1) is 0 Å². The van der Waals surface area contributed by atoms with Crippen LogP contribution in [0.2, 0.25) is 0 Å². The van der Waals surface area contributed by atoms with Crippen molar-refractivity contribution in [1.29, 1.82) is 0 Å². The van der Waals surface area contributed by atoms with Crippen LogP contribution in [0.1, 0.15) is 16.7 Å². The predicted molar refractivity (Wildman–Crippen MR) is 67.6 cm³/mol. The van der Waals surface area contributed by atoms with Crippen molar-refractivity contribution < 1.29 is 0 Å². The molecule has 2 heteroatoms. The fourth-order valence-corrected chi connectivity index (χ4v) is 2.03. The maximum Gasteiger partial charge on any atom is 0.0964 e. The highest BCUT2D eigenvalue weighted by atomic mass is 14.8. The number of aryl methyl sites for hydroxylation is 1. The summed E-state index contributed by atoms with van der Waals surface area (Å²) in [6, 6.07) is 4.26. The number of fused-ring (bicyclic) bond motifs is 3. The van der Waals surface area contributed by atoms with Crippen molar-refractivity contribution in [2.45, 2.75) is 13.3 Å². The molecule has 0 fully saturated rings. The van der Waals surface area contributed by atoms with Gasteiger partial charge in [0.25, 0.3) is 0 Å². The quantitative estimate of drug-likeness (QED) is 0.593. The molecule has 1 aliphatic carbocycles. The van der Waals surface area contributed by atoms with Gasteiger partial charge in [0.05, 0.1) is 11.2 Å². The highest BCUT2D eigenvalue weighted by Crippen LogP contribution is 2.38. The van der Waals surface area contributed by atoms with Gasteiger partial charge in [-0.3, -0.25) is 9.98 Å². The lowest BCUT2D eigenvalue weighted by molar-refractivity contribution is 1.36. The average molecular weight is 208 g/mol. The lowest BCUT2D eigenvalue weighted by Gasteiger charge is -2.03. The zero-order valence-electron chi connectivity index (χ0n) is 9.20. The third-order valence-corrected chi connectivity index (χ3v) is 2.97. The summed E-state index contributed by atoms with van der Waals surface area (Å²) in [5, 5.41) is 1.25. The number of benzene rings is 1. The van der Waals surface area contributed by atoms with E-state index in [1.54, 1.807) is 12.3 Å². The smallest absolute Gasteiger partial charge is 0.0964 e. The molecule has 1 aliphatic rings. The predicted octanol–water partition coefficient (Wildman–Crippen LogP) is 3.34. The van der Waals surface area contributed by atoms with Gasteiger partial charge in [0.2, 0.25) is 0 Å². The van der Waals surface area contributed by atoms with E-state index in [4.69, 9.17) is 0 Å². The average Bonchev–Trinajstić information content (AvgIpc) is 3.06. The molecule has 0 amide bonds. The number of rotatable bonds is 2. The van der Waals surface area contributed by atoms with Gasteiger partial charge in [0.15, 0.2) is 0 Å². The van der Waals surface area contributed by atoms with Crippen molar-refractivity contribution in [2.24, 2.45) is 4.99 Å². The normalized spacial score (nSPS) is 13.1. The Balaban J connectivity index is 2.33. The van der Waals surface area contributed by atoms with E-state index in [9.17, 15) is 0 Å². The second-order valence-electron chi connectivity index (χ2n) is 4.08. The molecule has 0 atom stereocenters. The van der Waals surface area contributed by atoms with Crippen molar-refractivity contribution in [1.82, 2.24) is 4.98 Å². The van der Waals surface area contributed by atoms with Crippen LogP contribution in [-0.2, 0) is 6.42 Å². The lowest BCUT2D eigenvalue weighted by atomic mass is 10.1. The molecule has 1 aromatic heterocycles. The summed E-state index contributed by atoms with van der Waals surface area (Å²) in [4.78, 5) is 8.91. The number of hydrogen-bond acceptors (Lipinski definition) is 2. The molecular formula is C14H12N2. The first-order valence-electron chi connectivity index (χ1n) is 5.36. The highest BCUT2D eigenvalue weighted by molar-refractivity contribution is 5.97. The van der Waals surface area contributed by atoms with Crippen molar-refractivity contribution in [3.63, 3.8) is 0 Å². The van der Waals surface area contributed by atoms with E-state index in [2.05, 4.69) is 35.6 Å². The topological polar surface area (TPSA) is 25.2 Å². The Bertz CT molecular complexity index is 624. The van der Waals surface area contributed by atoms with Crippen LogP contribution in [0.4, 0.5) is 5.69 Å². The minimum atomic E-state index is 0.965. The molecule has 0 saturated heterocycles. The number of nitrogens with zero attached hydrogens (tertiary/aromatic N) is 2. The molecule has 0 unspecified atom stereocenters. The maximum absolute atomic E-state index is 4.50. The fourth-order valence-electron chi connectivity index (χ4n) is 2.03. The van der Waals surface area contributed by atoms with E-state index in [-0.39, 0.29) is 0 Å². The molecule has 3 rings (SSSR count). The Morgan fingerprint density at radius 3 is 3.12 bits per heavy atom. The molecule has 2 nitrogen and oxygen atoms in total. The minimum Gasteiger partial charge on any atom is -0.254 e. The van der Waals surface area contributed by atoms with Gasteiger partial charge in [-0.05, 0) is 23.6 Å². The summed E-state index contributed by atoms with van der Waals surface area (Å²) in [7, 11) is 0. The van der Waals surface area contributed by atoms with Crippen molar-refractivity contribution in [3.05, 3.63) is 47.7 Å². The second-order valence-corrected chi connectivity index (χ2v) is 4.08. The molecule has 1 aromatic carbocycles. The molecule has 16 heavy (non-hydrogen) atoms. The van der Waals surface area contributed by atoms with Crippen molar-refractivity contribution >= 4 is 22.8 Å². The van der Waals surface area contributed by atoms with Crippen LogP contribution in [-0.4, -0.2) is 11.2 Å². The van der Waals surface area contributed by atoms with Crippen LogP contribution in [0, 0.1) is 6.92 Å². The van der Waals surface area contributed by atoms with Gasteiger partial charge < -0.3 is 0 Å². The molecule has 0 radical (unpaired) electrons. The molecule has 0 N–H and O–H groups in total. The highest BCUT2D eigenvalue weighted by Gasteiger charge is 2.21. The van der Waals surface area contributed by atoms with Gasteiger partial charge in [0.1, 0.15) is 0 Å². The van der Waals surface area contributed by atoms with Crippen molar-refractivity contribution in [2.75, 3.05) is 0 Å². The first-order chi connectivity index (χ1) is 7.81.